The number of rotatable bonds is 11. The second kappa shape index (κ2) is 10.1. The minimum Gasteiger partial charge on any atom is -0.503 e. The van der Waals surface area contributed by atoms with E-state index in [1.165, 1.54) is 17.2 Å². The van der Waals surface area contributed by atoms with E-state index in [0.29, 0.717) is 31.0 Å². The zero-order valence-corrected chi connectivity index (χ0v) is 18.0. The van der Waals surface area contributed by atoms with Crippen molar-refractivity contribution in [3.05, 3.63) is 78.0 Å². The highest BCUT2D eigenvalue weighted by atomic mass is 16.5. The third-order valence-corrected chi connectivity index (χ3v) is 5.54. The molecule has 0 saturated heterocycles. The molecule has 164 valence electrons. The molecule has 0 bridgehead atoms. The molecule has 3 rings (SSSR count). The van der Waals surface area contributed by atoms with Crippen LogP contribution in [0.5, 0.6) is 5.75 Å². The van der Waals surface area contributed by atoms with Crippen molar-refractivity contribution < 1.29 is 28.7 Å². The lowest BCUT2D eigenvalue weighted by Crippen LogP contribution is -3.12. The van der Waals surface area contributed by atoms with Gasteiger partial charge in [0.05, 0.1) is 44.1 Å². The summed E-state index contributed by atoms with van der Waals surface area (Å²) < 4.78 is 10.9. The molecule has 31 heavy (non-hydrogen) atoms. The molecule has 1 amide bonds. The first-order valence-electron chi connectivity index (χ1n) is 10.5. The maximum absolute atomic E-state index is 13.2. The van der Waals surface area contributed by atoms with Crippen LogP contribution in [0.25, 0.3) is 0 Å². The van der Waals surface area contributed by atoms with Crippen LogP contribution in [0.2, 0.25) is 0 Å². The van der Waals surface area contributed by atoms with Gasteiger partial charge in [-0.3, -0.25) is 9.59 Å². The number of carbonyl (C=O) groups excluding carboxylic acids is 2. The number of aliphatic hydroxyl groups is 1. The molecule has 0 unspecified atom stereocenters. The van der Waals surface area contributed by atoms with Gasteiger partial charge in [0.2, 0.25) is 5.78 Å². The number of nitrogens with zero attached hydrogens (tertiary/aromatic N) is 1. The average molecular weight is 426 g/mol. The third kappa shape index (κ3) is 4.72. The Hall–Kier alpha value is -3.32. The van der Waals surface area contributed by atoms with Crippen molar-refractivity contribution in [3.8, 4) is 5.75 Å². The molecule has 0 saturated carbocycles. The molecule has 7 heteroatoms. The van der Waals surface area contributed by atoms with E-state index in [9.17, 15) is 14.7 Å². The summed E-state index contributed by atoms with van der Waals surface area (Å²) in [5, 5.41) is 10.7. The number of ketones is 1. The van der Waals surface area contributed by atoms with Crippen LogP contribution >= 0.6 is 0 Å². The lowest BCUT2D eigenvalue weighted by molar-refractivity contribution is -0.895. The zero-order chi connectivity index (χ0) is 22.4. The minimum absolute atomic E-state index is 0.0235. The van der Waals surface area contributed by atoms with Crippen molar-refractivity contribution in [2.75, 3.05) is 32.8 Å². The lowest BCUT2D eigenvalue weighted by Gasteiger charge is -2.28. The van der Waals surface area contributed by atoms with Gasteiger partial charge in [0.25, 0.3) is 5.91 Å². The predicted octanol–water partition coefficient (Wildman–Crippen LogP) is 2.35. The quantitative estimate of drug-likeness (QED) is 0.427. The molecule has 0 aliphatic carbocycles. The molecule has 1 aliphatic heterocycles. The molecule has 7 nitrogen and oxygen atoms in total. The molecule has 0 radical (unpaired) electrons. The van der Waals surface area contributed by atoms with Gasteiger partial charge in [0.15, 0.2) is 11.5 Å². The SMILES string of the molecule is C=CCOc1cccc([C@@H]2C(C(=O)c3ccco3)=C(O)C(=O)N2CC[NH+](CC)CC)c1. The van der Waals surface area contributed by atoms with E-state index in [0.717, 1.165) is 13.1 Å². The van der Waals surface area contributed by atoms with Gasteiger partial charge in [-0.05, 0) is 43.7 Å². The highest BCUT2D eigenvalue weighted by Crippen LogP contribution is 2.39. The monoisotopic (exact) mass is 425 g/mol. The van der Waals surface area contributed by atoms with E-state index < -0.39 is 23.5 Å². The lowest BCUT2D eigenvalue weighted by atomic mass is 9.95. The third-order valence-electron chi connectivity index (χ3n) is 5.54. The number of likely N-dealkylation sites (N-methyl/N-ethyl adjacent to an activating group) is 1. The largest absolute Gasteiger partial charge is 0.503 e. The number of hydrogen-bond acceptors (Lipinski definition) is 5. The summed E-state index contributed by atoms with van der Waals surface area (Å²) in [6.45, 7) is 11.1. The molecule has 1 aromatic carbocycles. The van der Waals surface area contributed by atoms with E-state index in [-0.39, 0.29) is 11.3 Å². The Morgan fingerprint density at radius 1 is 1.29 bits per heavy atom. The molecule has 0 spiro atoms. The molecule has 0 fully saturated rings. The second-order valence-electron chi connectivity index (χ2n) is 7.35. The van der Waals surface area contributed by atoms with Crippen molar-refractivity contribution in [1.82, 2.24) is 4.90 Å². The van der Waals surface area contributed by atoms with E-state index in [1.54, 1.807) is 35.2 Å². The Morgan fingerprint density at radius 2 is 2.06 bits per heavy atom. The molecule has 2 heterocycles. The first kappa shape index (κ1) is 22.4. The number of hydrogen-bond donors (Lipinski definition) is 2. The second-order valence-corrected chi connectivity index (χ2v) is 7.35. The number of Topliss-reactive ketones (excluding diaryl/α,β-unsaturated/α-hetero) is 1. The Labute approximate surface area is 182 Å². The Kier molecular flexibility index (Phi) is 7.31. The summed E-state index contributed by atoms with van der Waals surface area (Å²) >= 11 is 0. The van der Waals surface area contributed by atoms with Gasteiger partial charge < -0.3 is 24.1 Å². The zero-order valence-electron chi connectivity index (χ0n) is 18.0. The topological polar surface area (TPSA) is 84.4 Å². The number of ether oxygens (including phenoxy) is 1. The van der Waals surface area contributed by atoms with E-state index >= 15 is 0 Å². The van der Waals surface area contributed by atoms with Gasteiger partial charge in [0, 0.05) is 0 Å². The Balaban J connectivity index is 2.01. The predicted molar refractivity (Wildman–Crippen MR) is 116 cm³/mol. The number of amides is 1. The van der Waals surface area contributed by atoms with Crippen LogP contribution in [0.1, 0.15) is 36.0 Å². The summed E-state index contributed by atoms with van der Waals surface area (Å²) in [5.41, 5.74) is 0.707. The Bertz CT molecular complexity index is 960. The molecule has 1 aromatic heterocycles. The molecule has 1 atom stereocenters. The van der Waals surface area contributed by atoms with Gasteiger partial charge >= 0.3 is 0 Å². The fourth-order valence-electron chi connectivity index (χ4n) is 3.81. The van der Waals surface area contributed by atoms with Crippen LogP contribution in [-0.2, 0) is 4.79 Å². The standard InChI is InChI=1S/C24H28N2O5/c1-4-14-30-18-10-7-9-17(16-18)21-20(22(27)19-11-8-15-31-19)23(28)24(29)26(21)13-12-25(5-2)6-3/h4,7-11,15-16,21,28H,1,5-6,12-14H2,2-3H3/p+1/t21-/m1/s1. The maximum Gasteiger partial charge on any atom is 0.290 e. The van der Waals surface area contributed by atoms with Crippen LogP contribution in [0.4, 0.5) is 0 Å². The maximum atomic E-state index is 13.2. The number of benzene rings is 1. The van der Waals surface area contributed by atoms with Gasteiger partial charge in [-0.15, -0.1) is 0 Å². The molecule has 2 N–H and O–H groups in total. The van der Waals surface area contributed by atoms with Crippen LogP contribution < -0.4 is 9.64 Å². The van der Waals surface area contributed by atoms with Crippen LogP contribution in [0, 0.1) is 0 Å². The van der Waals surface area contributed by atoms with Gasteiger partial charge in [0.1, 0.15) is 12.4 Å². The van der Waals surface area contributed by atoms with Crippen molar-refractivity contribution in [3.63, 3.8) is 0 Å². The molecular weight excluding hydrogens is 396 g/mol. The van der Waals surface area contributed by atoms with Crippen molar-refractivity contribution in [1.29, 1.82) is 0 Å². The molecular formula is C24H29N2O5+. The van der Waals surface area contributed by atoms with E-state index in [2.05, 4.69) is 20.4 Å². The summed E-state index contributed by atoms with van der Waals surface area (Å²) in [6, 6.07) is 9.60. The smallest absolute Gasteiger partial charge is 0.290 e. The number of carbonyl (C=O) groups is 2. The van der Waals surface area contributed by atoms with E-state index in [4.69, 9.17) is 9.15 Å². The van der Waals surface area contributed by atoms with Crippen LogP contribution in [0.3, 0.4) is 0 Å². The van der Waals surface area contributed by atoms with Crippen molar-refractivity contribution in [2.24, 2.45) is 0 Å². The summed E-state index contributed by atoms with van der Waals surface area (Å²) in [4.78, 5) is 29.0. The first-order chi connectivity index (χ1) is 15.0. The van der Waals surface area contributed by atoms with E-state index in [1.807, 2.05) is 6.07 Å². The fraction of sp³-hybridized carbons (Fsp3) is 0.333. The average Bonchev–Trinajstić information content (AvgIpc) is 3.41. The molecule has 1 aliphatic rings. The number of quaternary nitrogens is 1. The highest BCUT2D eigenvalue weighted by molar-refractivity contribution is 6.15. The summed E-state index contributed by atoms with van der Waals surface area (Å²) in [6.07, 6.45) is 3.03. The van der Waals surface area contributed by atoms with Crippen LogP contribution in [0.15, 0.2) is 71.1 Å². The Morgan fingerprint density at radius 3 is 2.71 bits per heavy atom. The van der Waals surface area contributed by atoms with Crippen molar-refractivity contribution in [2.45, 2.75) is 19.9 Å². The summed E-state index contributed by atoms with van der Waals surface area (Å²) in [7, 11) is 0. The fourth-order valence-corrected chi connectivity index (χ4v) is 3.81. The van der Waals surface area contributed by atoms with Crippen LogP contribution in [-0.4, -0.2) is 54.5 Å². The normalized spacial score (nSPS) is 16.3. The van der Waals surface area contributed by atoms with Gasteiger partial charge in [-0.25, -0.2) is 0 Å². The van der Waals surface area contributed by atoms with Crippen molar-refractivity contribution >= 4 is 11.7 Å². The number of furan rings is 1. The molecule has 2 aromatic rings. The minimum atomic E-state index is -0.729. The highest BCUT2D eigenvalue weighted by Gasteiger charge is 2.44. The summed E-state index contributed by atoms with van der Waals surface area (Å²) in [5.74, 6) is -0.914. The number of aliphatic hydroxyl groups excluding tert-OH is 1. The first-order valence-corrected chi connectivity index (χ1v) is 10.5. The van der Waals surface area contributed by atoms with Gasteiger partial charge in [-0.2, -0.15) is 0 Å². The number of nitrogens with one attached hydrogen (secondary N) is 1. The van der Waals surface area contributed by atoms with Gasteiger partial charge in [-0.1, -0.05) is 24.8 Å².